The van der Waals surface area contributed by atoms with Gasteiger partial charge in [-0.2, -0.15) is 5.10 Å². The van der Waals surface area contributed by atoms with Crippen LogP contribution >= 0.6 is 0 Å². The molecule has 0 radical (unpaired) electrons. The van der Waals surface area contributed by atoms with Gasteiger partial charge in [0.05, 0.1) is 6.21 Å². The van der Waals surface area contributed by atoms with Gasteiger partial charge < -0.3 is 0 Å². The minimum absolute atomic E-state index is 0.203. The normalized spacial score (nSPS) is 10.5. The second-order valence-corrected chi connectivity index (χ2v) is 3.98. The molecule has 1 amide bonds. The number of hydrogen-bond donors (Lipinski definition) is 1. The molecule has 3 heteroatoms. The minimum Gasteiger partial charge on any atom is -0.267 e. The van der Waals surface area contributed by atoms with Crippen molar-refractivity contribution in [3.8, 4) is 0 Å². The number of hydrogen-bond acceptors (Lipinski definition) is 2. The molecule has 0 unspecified atom stereocenters. The number of aryl methyl sites for hydroxylation is 1. The highest BCUT2D eigenvalue weighted by molar-refractivity contribution is 5.95. The van der Waals surface area contributed by atoms with Crippen LogP contribution in [0.5, 0.6) is 0 Å². The smallest absolute Gasteiger partial charge is 0.267 e. The Kier molecular flexibility index (Phi) is 3.86. The molecule has 0 heterocycles. The second-order valence-electron chi connectivity index (χ2n) is 3.98. The van der Waals surface area contributed by atoms with Gasteiger partial charge in [0.15, 0.2) is 0 Å². The van der Waals surface area contributed by atoms with E-state index in [9.17, 15) is 4.79 Å². The fourth-order valence-corrected chi connectivity index (χ4v) is 1.56. The minimum atomic E-state index is -0.203. The van der Waals surface area contributed by atoms with Crippen molar-refractivity contribution in [3.63, 3.8) is 0 Å². The van der Waals surface area contributed by atoms with Gasteiger partial charge in [-0.05, 0) is 24.6 Å². The zero-order valence-electron chi connectivity index (χ0n) is 10.1. The summed E-state index contributed by atoms with van der Waals surface area (Å²) in [7, 11) is 0. The lowest BCUT2D eigenvalue weighted by Crippen LogP contribution is -2.17. The van der Waals surface area contributed by atoms with Crippen LogP contribution in [0, 0.1) is 6.92 Å². The molecule has 0 saturated heterocycles. The molecule has 0 aliphatic heterocycles. The van der Waals surface area contributed by atoms with Gasteiger partial charge in [0.1, 0.15) is 0 Å². The van der Waals surface area contributed by atoms with E-state index < -0.39 is 0 Å². The number of nitrogens with one attached hydrogen (secondary N) is 1. The molecule has 2 rings (SSSR count). The predicted octanol–water partition coefficient (Wildman–Crippen LogP) is 2.76. The number of carbonyl (C=O) groups is 1. The van der Waals surface area contributed by atoms with Crippen LogP contribution in [0.15, 0.2) is 59.7 Å². The van der Waals surface area contributed by atoms with Gasteiger partial charge in [0.25, 0.3) is 5.91 Å². The number of rotatable bonds is 3. The van der Waals surface area contributed by atoms with Crippen molar-refractivity contribution in [1.29, 1.82) is 0 Å². The second kappa shape index (κ2) is 5.77. The summed E-state index contributed by atoms with van der Waals surface area (Å²) in [6.07, 6.45) is 1.62. The average Bonchev–Trinajstić information content (AvgIpc) is 2.40. The highest BCUT2D eigenvalue weighted by atomic mass is 16.2. The van der Waals surface area contributed by atoms with Gasteiger partial charge in [-0.15, -0.1) is 0 Å². The number of amides is 1. The van der Waals surface area contributed by atoms with Crippen molar-refractivity contribution in [2.24, 2.45) is 5.10 Å². The van der Waals surface area contributed by atoms with E-state index in [0.29, 0.717) is 5.56 Å². The molecule has 2 aromatic carbocycles. The first kappa shape index (κ1) is 12.0. The number of benzene rings is 2. The molecular weight excluding hydrogens is 224 g/mol. The molecule has 0 aliphatic carbocycles. The molecular formula is C15H14N2O. The van der Waals surface area contributed by atoms with Crippen molar-refractivity contribution in [1.82, 2.24) is 5.43 Å². The van der Waals surface area contributed by atoms with Gasteiger partial charge in [0.2, 0.25) is 0 Å². The van der Waals surface area contributed by atoms with E-state index in [1.165, 1.54) is 0 Å². The van der Waals surface area contributed by atoms with E-state index in [0.717, 1.165) is 11.1 Å². The Balaban J connectivity index is 1.99. The van der Waals surface area contributed by atoms with Gasteiger partial charge in [-0.3, -0.25) is 4.79 Å². The lowest BCUT2D eigenvalue weighted by molar-refractivity contribution is 0.0955. The molecule has 3 nitrogen and oxygen atoms in total. The molecule has 90 valence electrons. The average molecular weight is 238 g/mol. The first-order chi connectivity index (χ1) is 8.75. The summed E-state index contributed by atoms with van der Waals surface area (Å²) in [5.41, 5.74) is 5.11. The fourth-order valence-electron chi connectivity index (χ4n) is 1.56. The Morgan fingerprint density at radius 3 is 2.61 bits per heavy atom. The van der Waals surface area contributed by atoms with Gasteiger partial charge in [-0.1, -0.05) is 48.0 Å². The first-order valence-corrected chi connectivity index (χ1v) is 5.71. The highest BCUT2D eigenvalue weighted by Crippen LogP contribution is 2.03. The topological polar surface area (TPSA) is 41.5 Å². The van der Waals surface area contributed by atoms with Crippen LogP contribution in [0.2, 0.25) is 0 Å². The summed E-state index contributed by atoms with van der Waals surface area (Å²) < 4.78 is 0. The molecule has 18 heavy (non-hydrogen) atoms. The third-order valence-electron chi connectivity index (χ3n) is 2.46. The maximum absolute atomic E-state index is 11.8. The SMILES string of the molecule is Cc1cccc(C(=O)NN=Cc2ccccc2)c1. The van der Waals surface area contributed by atoms with Crippen LogP contribution in [0.1, 0.15) is 21.5 Å². The third-order valence-corrected chi connectivity index (χ3v) is 2.46. The maximum Gasteiger partial charge on any atom is 0.271 e. The molecule has 2 aromatic rings. The Bertz CT molecular complexity index is 562. The molecule has 0 atom stereocenters. The first-order valence-electron chi connectivity index (χ1n) is 5.71. The van der Waals surface area contributed by atoms with E-state index in [-0.39, 0.29) is 5.91 Å². The maximum atomic E-state index is 11.8. The van der Waals surface area contributed by atoms with Crippen molar-refractivity contribution in [2.75, 3.05) is 0 Å². The van der Waals surface area contributed by atoms with Crippen LogP contribution in [-0.2, 0) is 0 Å². The van der Waals surface area contributed by atoms with E-state index in [1.807, 2.05) is 55.5 Å². The van der Waals surface area contributed by atoms with Crippen LogP contribution in [0.4, 0.5) is 0 Å². The summed E-state index contributed by atoms with van der Waals surface area (Å²) in [4.78, 5) is 11.8. The van der Waals surface area contributed by atoms with E-state index in [1.54, 1.807) is 12.3 Å². The summed E-state index contributed by atoms with van der Waals surface area (Å²) in [6.45, 7) is 1.95. The van der Waals surface area contributed by atoms with Crippen LogP contribution < -0.4 is 5.43 Å². The van der Waals surface area contributed by atoms with Crippen LogP contribution in [-0.4, -0.2) is 12.1 Å². The lowest BCUT2D eigenvalue weighted by atomic mass is 10.1. The quantitative estimate of drug-likeness (QED) is 0.648. The van der Waals surface area contributed by atoms with Crippen molar-refractivity contribution in [2.45, 2.75) is 6.92 Å². The zero-order chi connectivity index (χ0) is 12.8. The molecule has 0 aliphatic rings. The standard InChI is InChI=1S/C15H14N2O/c1-12-6-5-9-14(10-12)15(18)17-16-11-13-7-3-2-4-8-13/h2-11H,1H3,(H,17,18). The van der Waals surface area contributed by atoms with E-state index in [4.69, 9.17) is 0 Å². The lowest BCUT2D eigenvalue weighted by Gasteiger charge is -2.00. The number of carbonyl (C=O) groups excluding carboxylic acids is 1. The summed E-state index contributed by atoms with van der Waals surface area (Å²) >= 11 is 0. The summed E-state index contributed by atoms with van der Waals surface area (Å²) in [6, 6.07) is 17.0. The van der Waals surface area contributed by atoms with Crippen LogP contribution in [0.3, 0.4) is 0 Å². The summed E-state index contributed by atoms with van der Waals surface area (Å²) in [5, 5.41) is 3.92. The third kappa shape index (κ3) is 3.28. The predicted molar refractivity (Wildman–Crippen MR) is 72.7 cm³/mol. The number of nitrogens with zero attached hydrogens (tertiary/aromatic N) is 1. The van der Waals surface area contributed by atoms with Crippen molar-refractivity contribution in [3.05, 3.63) is 71.3 Å². The highest BCUT2D eigenvalue weighted by Gasteiger charge is 2.02. The van der Waals surface area contributed by atoms with Crippen LogP contribution in [0.25, 0.3) is 0 Å². The zero-order valence-corrected chi connectivity index (χ0v) is 10.1. The molecule has 0 bridgehead atoms. The van der Waals surface area contributed by atoms with Gasteiger partial charge >= 0.3 is 0 Å². The van der Waals surface area contributed by atoms with E-state index >= 15 is 0 Å². The number of hydrazone groups is 1. The Labute approximate surface area is 106 Å². The largest absolute Gasteiger partial charge is 0.271 e. The Hall–Kier alpha value is -2.42. The molecule has 1 N–H and O–H groups in total. The molecule has 0 aromatic heterocycles. The summed E-state index contributed by atoms with van der Waals surface area (Å²) in [5.74, 6) is -0.203. The molecule has 0 saturated carbocycles. The van der Waals surface area contributed by atoms with Crippen molar-refractivity contribution < 1.29 is 4.79 Å². The van der Waals surface area contributed by atoms with Crippen molar-refractivity contribution >= 4 is 12.1 Å². The molecule has 0 spiro atoms. The Morgan fingerprint density at radius 1 is 1.11 bits per heavy atom. The fraction of sp³-hybridized carbons (Fsp3) is 0.0667. The van der Waals surface area contributed by atoms with Gasteiger partial charge in [-0.25, -0.2) is 5.43 Å². The monoisotopic (exact) mass is 238 g/mol. The van der Waals surface area contributed by atoms with E-state index in [2.05, 4.69) is 10.5 Å². The van der Waals surface area contributed by atoms with Gasteiger partial charge in [0, 0.05) is 5.56 Å². The Morgan fingerprint density at radius 2 is 1.89 bits per heavy atom. The molecule has 0 fully saturated rings.